The van der Waals surface area contributed by atoms with Crippen LogP contribution in [0.15, 0.2) is 46.9 Å². The van der Waals surface area contributed by atoms with E-state index in [4.69, 9.17) is 22.1 Å². The van der Waals surface area contributed by atoms with Crippen LogP contribution in [0, 0.1) is 0 Å². The Balaban J connectivity index is 1.98. The monoisotopic (exact) mass is 353 g/mol. The van der Waals surface area contributed by atoms with Crippen LogP contribution in [0.5, 0.6) is 5.75 Å². The van der Waals surface area contributed by atoms with Crippen molar-refractivity contribution in [1.82, 2.24) is 0 Å². The van der Waals surface area contributed by atoms with E-state index in [2.05, 4.69) is 28.1 Å². The van der Waals surface area contributed by atoms with Crippen LogP contribution in [0.4, 0.5) is 0 Å². The van der Waals surface area contributed by atoms with Crippen LogP contribution < -0.4 is 10.5 Å². The van der Waals surface area contributed by atoms with Crippen LogP contribution in [-0.4, -0.2) is 7.11 Å². The molecule has 4 heteroatoms. The van der Waals surface area contributed by atoms with Crippen molar-refractivity contribution in [3.63, 3.8) is 0 Å². The molecule has 1 unspecified atom stereocenters. The molecule has 2 N–H and O–H groups in total. The van der Waals surface area contributed by atoms with Crippen LogP contribution in [0.1, 0.15) is 23.6 Å². The number of halogens is 2. The maximum Gasteiger partial charge on any atom is 0.118 e. The number of ether oxygens (including phenoxy) is 1. The number of hydrogen-bond acceptors (Lipinski definition) is 2. The lowest BCUT2D eigenvalue weighted by Gasteiger charge is -2.14. The van der Waals surface area contributed by atoms with Crippen LogP contribution >= 0.6 is 27.5 Å². The number of hydrogen-bond donors (Lipinski definition) is 1. The largest absolute Gasteiger partial charge is 0.497 e. The van der Waals surface area contributed by atoms with Crippen LogP contribution in [-0.2, 0) is 6.42 Å². The molecule has 0 amide bonds. The number of nitrogens with two attached hydrogens (primary N) is 1. The van der Waals surface area contributed by atoms with Crippen molar-refractivity contribution in [1.29, 1.82) is 0 Å². The SMILES string of the molecule is COc1ccc(CCC(N)c2ccc(Br)cc2Cl)cc1. The molecule has 2 nitrogen and oxygen atoms in total. The fourth-order valence-corrected chi connectivity index (χ4v) is 2.89. The number of benzene rings is 2. The fourth-order valence-electron chi connectivity index (χ4n) is 2.07. The quantitative estimate of drug-likeness (QED) is 0.841. The highest BCUT2D eigenvalue weighted by atomic mass is 79.9. The van der Waals surface area contributed by atoms with Crippen molar-refractivity contribution in [3.05, 3.63) is 63.1 Å². The summed E-state index contributed by atoms with van der Waals surface area (Å²) in [6.07, 6.45) is 1.77. The van der Waals surface area contributed by atoms with Gasteiger partial charge in [0.2, 0.25) is 0 Å². The predicted octanol–water partition coefficient (Wildman–Crippen LogP) is 4.74. The zero-order valence-electron chi connectivity index (χ0n) is 11.3. The summed E-state index contributed by atoms with van der Waals surface area (Å²) in [5.74, 6) is 0.869. The number of aryl methyl sites for hydroxylation is 1. The molecule has 0 spiro atoms. The van der Waals surface area contributed by atoms with Gasteiger partial charge in [-0.05, 0) is 48.2 Å². The second kappa shape index (κ2) is 7.11. The summed E-state index contributed by atoms with van der Waals surface area (Å²) in [5, 5.41) is 0.710. The highest BCUT2D eigenvalue weighted by Crippen LogP contribution is 2.27. The molecule has 0 aliphatic rings. The molecule has 2 rings (SSSR count). The van der Waals surface area contributed by atoms with Crippen molar-refractivity contribution in [2.45, 2.75) is 18.9 Å². The Bertz CT molecular complexity index is 571. The topological polar surface area (TPSA) is 35.2 Å². The van der Waals surface area contributed by atoms with E-state index in [9.17, 15) is 0 Å². The summed E-state index contributed by atoms with van der Waals surface area (Å²) in [7, 11) is 1.67. The summed E-state index contributed by atoms with van der Waals surface area (Å²) >= 11 is 9.62. The molecule has 0 radical (unpaired) electrons. The van der Waals surface area contributed by atoms with E-state index in [1.165, 1.54) is 5.56 Å². The van der Waals surface area contributed by atoms with Gasteiger partial charge in [0.15, 0.2) is 0 Å². The molecule has 0 saturated heterocycles. The molecule has 0 saturated carbocycles. The molecule has 2 aromatic rings. The van der Waals surface area contributed by atoms with Gasteiger partial charge in [-0.3, -0.25) is 0 Å². The van der Waals surface area contributed by atoms with Crippen molar-refractivity contribution in [2.24, 2.45) is 5.73 Å². The molecular formula is C16H17BrClNO. The normalized spacial score (nSPS) is 12.2. The van der Waals surface area contributed by atoms with Gasteiger partial charge >= 0.3 is 0 Å². The fraction of sp³-hybridized carbons (Fsp3) is 0.250. The molecule has 20 heavy (non-hydrogen) atoms. The second-order valence-electron chi connectivity index (χ2n) is 4.66. The minimum atomic E-state index is -0.0577. The summed E-state index contributed by atoms with van der Waals surface area (Å²) < 4.78 is 6.11. The average Bonchev–Trinajstić information content (AvgIpc) is 2.45. The first-order valence-electron chi connectivity index (χ1n) is 6.43. The van der Waals surface area contributed by atoms with Gasteiger partial charge in [0, 0.05) is 15.5 Å². The lowest BCUT2D eigenvalue weighted by atomic mass is 10.00. The molecule has 0 aliphatic carbocycles. The minimum absolute atomic E-state index is 0.0577. The first-order valence-corrected chi connectivity index (χ1v) is 7.60. The summed E-state index contributed by atoms with van der Waals surface area (Å²) in [6, 6.07) is 13.8. The van der Waals surface area contributed by atoms with Gasteiger partial charge in [-0.2, -0.15) is 0 Å². The Morgan fingerprint density at radius 1 is 1.20 bits per heavy atom. The Morgan fingerprint density at radius 2 is 1.90 bits per heavy atom. The number of rotatable bonds is 5. The van der Waals surface area contributed by atoms with Gasteiger partial charge in [0.05, 0.1) is 7.11 Å². The maximum atomic E-state index is 6.23. The van der Waals surface area contributed by atoms with Crippen LogP contribution in [0.3, 0.4) is 0 Å². The highest BCUT2D eigenvalue weighted by molar-refractivity contribution is 9.10. The van der Waals surface area contributed by atoms with E-state index in [0.717, 1.165) is 28.6 Å². The van der Waals surface area contributed by atoms with Gasteiger partial charge in [0.25, 0.3) is 0 Å². The molecule has 0 fully saturated rings. The van der Waals surface area contributed by atoms with Gasteiger partial charge in [-0.15, -0.1) is 0 Å². The third kappa shape index (κ3) is 3.98. The standard InChI is InChI=1S/C16H17BrClNO/c1-20-13-6-2-11(3-7-13)4-9-16(19)14-8-5-12(17)10-15(14)18/h2-3,5-8,10,16H,4,9,19H2,1H3. The smallest absolute Gasteiger partial charge is 0.118 e. The highest BCUT2D eigenvalue weighted by Gasteiger charge is 2.10. The van der Waals surface area contributed by atoms with E-state index < -0.39 is 0 Å². The van der Waals surface area contributed by atoms with Crippen LogP contribution in [0.25, 0.3) is 0 Å². The number of methoxy groups -OCH3 is 1. The molecule has 0 bridgehead atoms. The molecule has 2 aromatic carbocycles. The molecule has 0 aliphatic heterocycles. The zero-order chi connectivity index (χ0) is 14.5. The first-order chi connectivity index (χ1) is 9.60. The van der Waals surface area contributed by atoms with Crippen molar-refractivity contribution >= 4 is 27.5 Å². The van der Waals surface area contributed by atoms with Gasteiger partial charge in [-0.25, -0.2) is 0 Å². The van der Waals surface area contributed by atoms with E-state index in [-0.39, 0.29) is 6.04 Å². The predicted molar refractivity (Wildman–Crippen MR) is 87.4 cm³/mol. The lowest BCUT2D eigenvalue weighted by molar-refractivity contribution is 0.414. The van der Waals surface area contributed by atoms with E-state index in [1.54, 1.807) is 7.11 Å². The average molecular weight is 355 g/mol. The van der Waals surface area contributed by atoms with Crippen LogP contribution in [0.2, 0.25) is 5.02 Å². The molecule has 0 heterocycles. The van der Waals surface area contributed by atoms with Crippen molar-refractivity contribution in [2.75, 3.05) is 7.11 Å². The van der Waals surface area contributed by atoms with Crippen molar-refractivity contribution in [3.8, 4) is 5.75 Å². The Kier molecular flexibility index (Phi) is 5.46. The van der Waals surface area contributed by atoms with E-state index in [0.29, 0.717) is 5.02 Å². The first kappa shape index (κ1) is 15.4. The Hall–Kier alpha value is -1.03. The third-order valence-corrected chi connectivity index (χ3v) is 4.09. The van der Waals surface area contributed by atoms with Gasteiger partial charge in [-0.1, -0.05) is 45.7 Å². The summed E-state index contributed by atoms with van der Waals surface area (Å²) in [4.78, 5) is 0. The third-order valence-electron chi connectivity index (χ3n) is 3.27. The van der Waals surface area contributed by atoms with Gasteiger partial charge < -0.3 is 10.5 Å². The second-order valence-corrected chi connectivity index (χ2v) is 5.98. The minimum Gasteiger partial charge on any atom is -0.497 e. The lowest BCUT2D eigenvalue weighted by Crippen LogP contribution is -2.11. The van der Waals surface area contributed by atoms with Crippen molar-refractivity contribution < 1.29 is 4.74 Å². The summed E-state index contributed by atoms with van der Waals surface area (Å²) in [5.41, 5.74) is 8.46. The van der Waals surface area contributed by atoms with Gasteiger partial charge in [0.1, 0.15) is 5.75 Å². The Labute approximate surface area is 133 Å². The van der Waals surface area contributed by atoms with E-state index >= 15 is 0 Å². The Morgan fingerprint density at radius 3 is 2.50 bits per heavy atom. The van der Waals surface area contributed by atoms with E-state index in [1.807, 2.05) is 30.3 Å². The molecule has 1 atom stereocenters. The molecular weight excluding hydrogens is 338 g/mol. The summed E-state index contributed by atoms with van der Waals surface area (Å²) in [6.45, 7) is 0. The maximum absolute atomic E-state index is 6.23. The molecule has 0 aromatic heterocycles. The zero-order valence-corrected chi connectivity index (χ0v) is 13.6. The molecule has 106 valence electrons.